The minimum atomic E-state index is -0.212. The molecule has 1 spiro atoms. The monoisotopic (exact) mass is 287 g/mol. The molecule has 1 saturated heterocycles. The lowest BCUT2D eigenvalue weighted by Crippen LogP contribution is -2.46. The molecule has 1 amide bonds. The summed E-state index contributed by atoms with van der Waals surface area (Å²) in [5, 5.41) is 0. The van der Waals surface area contributed by atoms with E-state index < -0.39 is 0 Å². The maximum absolute atomic E-state index is 12.3. The lowest BCUT2D eigenvalue weighted by atomic mass is 9.67. The fourth-order valence-electron chi connectivity index (χ4n) is 3.37. The van der Waals surface area contributed by atoms with Crippen LogP contribution in [0.15, 0.2) is 18.7 Å². The van der Waals surface area contributed by atoms with Crippen LogP contribution in [0, 0.1) is 5.41 Å². The quantitative estimate of drug-likeness (QED) is 0.720. The molecule has 6 heteroatoms. The maximum atomic E-state index is 12.3. The van der Waals surface area contributed by atoms with E-state index in [1.807, 2.05) is 0 Å². The van der Waals surface area contributed by atoms with Gasteiger partial charge in [-0.05, 0) is 18.3 Å². The van der Waals surface area contributed by atoms with Crippen molar-refractivity contribution in [3.8, 4) is 0 Å². The predicted octanol–water partition coefficient (Wildman–Crippen LogP) is 1.02. The molecule has 0 bridgehead atoms. The Morgan fingerprint density at radius 3 is 2.19 bits per heavy atom. The topological polar surface area (TPSA) is 80.2 Å². The second kappa shape index (κ2) is 5.35. The molecule has 0 radical (unpaired) electrons. The number of nitrogens with zero attached hydrogens (tertiary/aromatic N) is 3. The fourth-order valence-corrected chi connectivity index (χ4v) is 3.37. The van der Waals surface area contributed by atoms with Crippen LogP contribution in [0.5, 0.6) is 0 Å². The molecule has 110 valence electrons. The van der Waals surface area contributed by atoms with Gasteiger partial charge < -0.3 is 4.90 Å². The van der Waals surface area contributed by atoms with Gasteiger partial charge in [-0.3, -0.25) is 14.4 Å². The summed E-state index contributed by atoms with van der Waals surface area (Å²) < 4.78 is 0. The summed E-state index contributed by atoms with van der Waals surface area (Å²) >= 11 is 0. The van der Waals surface area contributed by atoms with Crippen molar-refractivity contribution in [2.24, 2.45) is 5.41 Å². The van der Waals surface area contributed by atoms with Crippen molar-refractivity contribution in [3.63, 3.8) is 0 Å². The van der Waals surface area contributed by atoms with Gasteiger partial charge in [0.1, 0.15) is 17.9 Å². The van der Waals surface area contributed by atoms with Crippen LogP contribution in [0.4, 0.5) is 0 Å². The number of carbonyl (C=O) groups is 3. The number of likely N-dealkylation sites (tertiary alicyclic amines) is 1. The highest BCUT2D eigenvalue weighted by molar-refractivity contribution is 6.02. The van der Waals surface area contributed by atoms with Gasteiger partial charge in [0, 0.05) is 38.3 Å². The highest BCUT2D eigenvalue weighted by Gasteiger charge is 2.42. The minimum Gasteiger partial charge on any atom is -0.339 e. The van der Waals surface area contributed by atoms with Crippen LogP contribution < -0.4 is 0 Å². The molecular formula is C15H17N3O3. The average molecular weight is 287 g/mol. The van der Waals surface area contributed by atoms with E-state index in [4.69, 9.17) is 0 Å². The zero-order valence-electron chi connectivity index (χ0n) is 11.7. The predicted molar refractivity (Wildman–Crippen MR) is 73.5 cm³/mol. The van der Waals surface area contributed by atoms with Crippen molar-refractivity contribution in [1.82, 2.24) is 14.9 Å². The molecule has 0 unspecified atom stereocenters. The lowest BCUT2D eigenvalue weighted by molar-refractivity contribution is -0.135. The second-order valence-corrected chi connectivity index (χ2v) is 6.03. The van der Waals surface area contributed by atoms with E-state index in [1.54, 1.807) is 4.90 Å². The van der Waals surface area contributed by atoms with Crippen molar-refractivity contribution in [2.45, 2.75) is 32.1 Å². The lowest BCUT2D eigenvalue weighted by Gasteiger charge is -2.43. The number of hydrogen-bond acceptors (Lipinski definition) is 5. The zero-order chi connectivity index (χ0) is 14.9. The molecular weight excluding hydrogens is 270 g/mol. The van der Waals surface area contributed by atoms with Crippen LogP contribution in [0.1, 0.15) is 42.5 Å². The van der Waals surface area contributed by atoms with E-state index in [0.29, 0.717) is 44.3 Å². The summed E-state index contributed by atoms with van der Waals surface area (Å²) in [4.78, 5) is 45.1. The van der Waals surface area contributed by atoms with E-state index >= 15 is 0 Å². The van der Waals surface area contributed by atoms with E-state index in [1.165, 1.54) is 18.7 Å². The number of hydrogen-bond donors (Lipinski definition) is 0. The van der Waals surface area contributed by atoms with Crippen LogP contribution in [0.3, 0.4) is 0 Å². The minimum absolute atomic E-state index is 0.0440. The smallest absolute Gasteiger partial charge is 0.256 e. The van der Waals surface area contributed by atoms with Crippen molar-refractivity contribution in [3.05, 3.63) is 24.3 Å². The number of rotatable bonds is 1. The van der Waals surface area contributed by atoms with Crippen LogP contribution in [-0.4, -0.2) is 45.4 Å². The summed E-state index contributed by atoms with van der Waals surface area (Å²) in [6.45, 7) is 1.16. The first-order valence-electron chi connectivity index (χ1n) is 7.16. The van der Waals surface area contributed by atoms with E-state index in [-0.39, 0.29) is 29.3 Å². The van der Waals surface area contributed by atoms with Crippen molar-refractivity contribution in [2.75, 3.05) is 13.1 Å². The number of amides is 1. The van der Waals surface area contributed by atoms with Gasteiger partial charge in [-0.25, -0.2) is 9.97 Å². The molecule has 0 aromatic carbocycles. The molecule has 6 nitrogen and oxygen atoms in total. The Labute approximate surface area is 122 Å². The second-order valence-electron chi connectivity index (χ2n) is 6.03. The number of ketones is 2. The first-order chi connectivity index (χ1) is 10.1. The van der Waals surface area contributed by atoms with Crippen molar-refractivity contribution >= 4 is 17.5 Å². The number of piperidine rings is 1. The number of aromatic nitrogens is 2. The van der Waals surface area contributed by atoms with E-state index in [9.17, 15) is 14.4 Å². The maximum Gasteiger partial charge on any atom is 0.256 e. The average Bonchev–Trinajstić information content (AvgIpc) is 2.47. The van der Waals surface area contributed by atoms with Gasteiger partial charge in [-0.1, -0.05) is 0 Å². The normalized spacial score (nSPS) is 21.6. The summed E-state index contributed by atoms with van der Waals surface area (Å²) in [5.74, 6) is 0.00360. The summed E-state index contributed by atoms with van der Waals surface area (Å²) in [7, 11) is 0. The summed E-state index contributed by atoms with van der Waals surface area (Å²) in [6, 6.07) is 0. The Kier molecular flexibility index (Phi) is 3.53. The number of Topliss-reactive ketones (excluding diaryl/α,β-unsaturated/α-hetero) is 2. The standard InChI is InChI=1S/C15H17N3O3/c19-12-5-13(20)7-15(6-12)1-3-18(4-2-15)14(21)11-8-16-10-17-9-11/h8-10H,1-7H2. The molecule has 2 aliphatic rings. The number of carbonyl (C=O) groups excluding carboxylic acids is 3. The summed E-state index contributed by atoms with van der Waals surface area (Å²) in [5.41, 5.74) is 0.264. The molecule has 1 saturated carbocycles. The van der Waals surface area contributed by atoms with Crippen LogP contribution in [0.25, 0.3) is 0 Å². The van der Waals surface area contributed by atoms with Crippen LogP contribution in [0.2, 0.25) is 0 Å². The SMILES string of the molecule is O=C1CC(=O)CC2(CCN(C(=O)c3cncnc3)CC2)C1. The molecule has 0 atom stereocenters. The van der Waals surface area contributed by atoms with Crippen molar-refractivity contribution < 1.29 is 14.4 Å². The molecule has 0 N–H and O–H groups in total. The molecule has 3 rings (SSSR count). The Bertz CT molecular complexity index is 559. The van der Waals surface area contributed by atoms with Crippen LogP contribution in [-0.2, 0) is 9.59 Å². The third kappa shape index (κ3) is 2.84. The first-order valence-corrected chi connectivity index (χ1v) is 7.16. The van der Waals surface area contributed by atoms with Crippen molar-refractivity contribution in [1.29, 1.82) is 0 Å². The van der Waals surface area contributed by atoms with Gasteiger partial charge in [-0.15, -0.1) is 0 Å². The van der Waals surface area contributed by atoms with E-state index in [2.05, 4.69) is 9.97 Å². The fraction of sp³-hybridized carbons (Fsp3) is 0.533. The Hall–Kier alpha value is -2.11. The van der Waals surface area contributed by atoms with Gasteiger partial charge in [0.15, 0.2) is 0 Å². The van der Waals surface area contributed by atoms with Gasteiger partial charge >= 0.3 is 0 Å². The highest BCUT2D eigenvalue weighted by atomic mass is 16.2. The van der Waals surface area contributed by atoms with Gasteiger partial charge in [0.2, 0.25) is 0 Å². The third-order valence-electron chi connectivity index (χ3n) is 4.46. The molecule has 1 aliphatic carbocycles. The first kappa shape index (κ1) is 13.9. The third-order valence-corrected chi connectivity index (χ3v) is 4.46. The zero-order valence-corrected chi connectivity index (χ0v) is 11.7. The Balaban J connectivity index is 1.66. The molecule has 1 aromatic rings. The molecule has 1 aromatic heterocycles. The largest absolute Gasteiger partial charge is 0.339 e. The van der Waals surface area contributed by atoms with Crippen LogP contribution >= 0.6 is 0 Å². The highest BCUT2D eigenvalue weighted by Crippen LogP contribution is 2.42. The molecule has 1 aliphatic heterocycles. The Morgan fingerprint density at radius 2 is 1.62 bits per heavy atom. The van der Waals surface area contributed by atoms with Gasteiger partial charge in [0.05, 0.1) is 12.0 Å². The Morgan fingerprint density at radius 1 is 1.05 bits per heavy atom. The molecule has 2 heterocycles. The van der Waals surface area contributed by atoms with Gasteiger partial charge in [0.25, 0.3) is 5.91 Å². The van der Waals surface area contributed by atoms with E-state index in [0.717, 1.165) is 0 Å². The molecule has 2 fully saturated rings. The van der Waals surface area contributed by atoms with Gasteiger partial charge in [-0.2, -0.15) is 0 Å². The molecule has 21 heavy (non-hydrogen) atoms. The summed E-state index contributed by atoms with van der Waals surface area (Å²) in [6.07, 6.45) is 6.88.